The molecule has 0 aromatic carbocycles. The second-order valence-corrected chi connectivity index (χ2v) is 4.91. The van der Waals surface area contributed by atoms with Crippen LogP contribution >= 0.6 is 11.3 Å². The molecule has 0 radical (unpaired) electrons. The molecular formula is C12H14N2O3S. The first kappa shape index (κ1) is 12.8. The summed E-state index contributed by atoms with van der Waals surface area (Å²) in [6, 6.07) is 0. The van der Waals surface area contributed by atoms with Crippen LogP contribution in [0.5, 0.6) is 0 Å². The van der Waals surface area contributed by atoms with E-state index in [0.29, 0.717) is 19.4 Å². The maximum Gasteiger partial charge on any atom is 0.307 e. The predicted molar refractivity (Wildman–Crippen MR) is 67.0 cm³/mol. The molecule has 96 valence electrons. The lowest BCUT2D eigenvalue weighted by molar-refractivity contribution is -0.147. The van der Waals surface area contributed by atoms with Gasteiger partial charge in [-0.2, -0.15) is 0 Å². The number of carbonyl (C=O) groups excluding carboxylic acids is 1. The van der Waals surface area contributed by atoms with Gasteiger partial charge in [-0.3, -0.25) is 9.59 Å². The summed E-state index contributed by atoms with van der Waals surface area (Å²) in [7, 11) is 0. The van der Waals surface area contributed by atoms with E-state index in [0.717, 1.165) is 5.69 Å². The van der Waals surface area contributed by atoms with Crippen LogP contribution in [0.25, 0.3) is 0 Å². The number of aromatic nitrogens is 1. The summed E-state index contributed by atoms with van der Waals surface area (Å²) < 4.78 is 0. The van der Waals surface area contributed by atoms with Crippen LogP contribution in [0, 0.1) is 11.8 Å². The number of rotatable bonds is 4. The number of hydrogen-bond donors (Lipinski definition) is 2. The van der Waals surface area contributed by atoms with E-state index in [-0.39, 0.29) is 5.91 Å². The lowest BCUT2D eigenvalue weighted by Gasteiger charge is -2.24. The fourth-order valence-corrected chi connectivity index (χ4v) is 2.57. The molecule has 0 saturated carbocycles. The quantitative estimate of drug-likeness (QED) is 0.808. The fourth-order valence-electron chi connectivity index (χ4n) is 2.01. The molecule has 2 N–H and O–H groups in total. The summed E-state index contributed by atoms with van der Waals surface area (Å²) in [6.07, 6.45) is 4.60. The van der Waals surface area contributed by atoms with Gasteiger partial charge in [-0.05, 0) is 12.8 Å². The van der Waals surface area contributed by atoms with Gasteiger partial charge in [0.15, 0.2) is 0 Å². The maximum absolute atomic E-state index is 12.0. The third-order valence-corrected chi connectivity index (χ3v) is 3.65. The van der Waals surface area contributed by atoms with Crippen molar-refractivity contribution in [3.05, 3.63) is 28.7 Å². The van der Waals surface area contributed by atoms with Crippen molar-refractivity contribution in [2.75, 3.05) is 0 Å². The van der Waals surface area contributed by atoms with Crippen molar-refractivity contribution in [1.29, 1.82) is 0 Å². The molecule has 2 atom stereocenters. The van der Waals surface area contributed by atoms with E-state index < -0.39 is 17.8 Å². The van der Waals surface area contributed by atoms with Gasteiger partial charge in [0.25, 0.3) is 0 Å². The monoisotopic (exact) mass is 266 g/mol. The van der Waals surface area contributed by atoms with Gasteiger partial charge in [-0.1, -0.05) is 12.2 Å². The molecule has 0 fully saturated rings. The Bertz CT molecular complexity index is 456. The third kappa shape index (κ3) is 2.95. The summed E-state index contributed by atoms with van der Waals surface area (Å²) in [5.74, 6) is -2.22. The topological polar surface area (TPSA) is 79.3 Å². The van der Waals surface area contributed by atoms with Crippen molar-refractivity contribution in [3.63, 3.8) is 0 Å². The Labute approximate surface area is 109 Å². The lowest BCUT2D eigenvalue weighted by Crippen LogP contribution is -2.38. The molecule has 0 saturated heterocycles. The number of aliphatic carboxylic acids is 1. The number of allylic oxidation sites excluding steroid dienone is 2. The Kier molecular flexibility index (Phi) is 4.09. The minimum Gasteiger partial charge on any atom is -0.481 e. The first-order valence-electron chi connectivity index (χ1n) is 5.71. The highest BCUT2D eigenvalue weighted by molar-refractivity contribution is 7.07. The number of carbonyl (C=O) groups is 2. The minimum absolute atomic E-state index is 0.209. The molecule has 1 amide bonds. The number of amides is 1. The minimum atomic E-state index is -0.909. The van der Waals surface area contributed by atoms with Crippen LogP contribution in [0.15, 0.2) is 23.0 Å². The molecule has 0 spiro atoms. The Morgan fingerprint density at radius 1 is 1.39 bits per heavy atom. The summed E-state index contributed by atoms with van der Waals surface area (Å²) in [6.45, 7) is 0.356. The molecule has 1 aromatic rings. The van der Waals surface area contributed by atoms with Crippen LogP contribution in [0.4, 0.5) is 0 Å². The first-order chi connectivity index (χ1) is 8.68. The van der Waals surface area contributed by atoms with Crippen LogP contribution < -0.4 is 5.32 Å². The van der Waals surface area contributed by atoms with E-state index in [1.807, 2.05) is 17.5 Å². The standard InChI is InChI=1S/C12H14N2O3S/c15-11(13-5-8-6-18-7-14-8)9-3-1-2-4-10(9)12(16)17/h1-2,6-7,9-10H,3-5H2,(H,13,15)(H,16,17). The normalized spacial score (nSPS) is 22.7. The molecule has 2 unspecified atom stereocenters. The summed E-state index contributed by atoms with van der Waals surface area (Å²) in [4.78, 5) is 27.1. The van der Waals surface area contributed by atoms with Crippen LogP contribution in [-0.2, 0) is 16.1 Å². The molecule has 1 heterocycles. The molecule has 0 aliphatic heterocycles. The van der Waals surface area contributed by atoms with Crippen molar-refractivity contribution < 1.29 is 14.7 Å². The number of carboxylic acids is 1. The molecule has 18 heavy (non-hydrogen) atoms. The highest BCUT2D eigenvalue weighted by Crippen LogP contribution is 2.26. The number of nitrogens with one attached hydrogen (secondary N) is 1. The van der Waals surface area contributed by atoms with Crippen molar-refractivity contribution >= 4 is 23.2 Å². The Morgan fingerprint density at radius 3 is 2.72 bits per heavy atom. The van der Waals surface area contributed by atoms with Gasteiger partial charge < -0.3 is 10.4 Å². The van der Waals surface area contributed by atoms with Crippen molar-refractivity contribution in [2.45, 2.75) is 19.4 Å². The largest absolute Gasteiger partial charge is 0.481 e. The van der Waals surface area contributed by atoms with Crippen molar-refractivity contribution in [1.82, 2.24) is 10.3 Å². The highest BCUT2D eigenvalue weighted by atomic mass is 32.1. The highest BCUT2D eigenvalue weighted by Gasteiger charge is 2.33. The molecule has 0 bridgehead atoms. The van der Waals surface area contributed by atoms with Gasteiger partial charge >= 0.3 is 5.97 Å². The first-order valence-corrected chi connectivity index (χ1v) is 6.65. The Hall–Kier alpha value is -1.69. The van der Waals surface area contributed by atoms with Crippen molar-refractivity contribution in [2.24, 2.45) is 11.8 Å². The van der Waals surface area contributed by atoms with E-state index in [1.54, 1.807) is 5.51 Å². The maximum atomic E-state index is 12.0. The zero-order valence-electron chi connectivity index (χ0n) is 9.70. The van der Waals surface area contributed by atoms with Crippen LogP contribution in [0.2, 0.25) is 0 Å². The van der Waals surface area contributed by atoms with E-state index in [1.165, 1.54) is 11.3 Å². The molecule has 2 rings (SSSR count). The summed E-state index contributed by atoms with van der Waals surface area (Å²) in [5, 5.41) is 13.7. The molecule has 6 heteroatoms. The van der Waals surface area contributed by atoms with Gasteiger partial charge in [-0.15, -0.1) is 11.3 Å². The SMILES string of the molecule is O=C(O)C1CC=CCC1C(=O)NCc1cscn1. The zero-order chi connectivity index (χ0) is 13.0. The van der Waals surface area contributed by atoms with E-state index in [4.69, 9.17) is 5.11 Å². The number of hydrogen-bond acceptors (Lipinski definition) is 4. The van der Waals surface area contributed by atoms with Crippen molar-refractivity contribution in [3.8, 4) is 0 Å². The molecule has 1 aromatic heterocycles. The van der Waals surface area contributed by atoms with E-state index in [9.17, 15) is 9.59 Å². The summed E-state index contributed by atoms with van der Waals surface area (Å²) in [5.41, 5.74) is 2.50. The number of nitrogens with zero attached hydrogens (tertiary/aromatic N) is 1. The third-order valence-electron chi connectivity index (χ3n) is 3.01. The predicted octanol–water partition coefficient (Wildman–Crippen LogP) is 1.43. The Morgan fingerprint density at radius 2 is 2.11 bits per heavy atom. The molecule has 1 aliphatic carbocycles. The van der Waals surface area contributed by atoms with Crippen LogP contribution in [0.1, 0.15) is 18.5 Å². The van der Waals surface area contributed by atoms with Crippen LogP contribution in [0.3, 0.4) is 0 Å². The average molecular weight is 266 g/mol. The lowest BCUT2D eigenvalue weighted by atomic mass is 9.82. The van der Waals surface area contributed by atoms with E-state index >= 15 is 0 Å². The van der Waals surface area contributed by atoms with E-state index in [2.05, 4.69) is 10.3 Å². The molecule has 5 nitrogen and oxygen atoms in total. The second kappa shape index (κ2) is 5.77. The Balaban J connectivity index is 1.94. The zero-order valence-corrected chi connectivity index (χ0v) is 10.5. The van der Waals surface area contributed by atoms with Gasteiger partial charge in [0.2, 0.25) is 5.91 Å². The van der Waals surface area contributed by atoms with Gasteiger partial charge in [0.1, 0.15) is 0 Å². The number of carboxylic acid groups (broad SMARTS) is 1. The van der Waals surface area contributed by atoms with Gasteiger partial charge in [0.05, 0.1) is 29.6 Å². The smallest absolute Gasteiger partial charge is 0.307 e. The molecular weight excluding hydrogens is 252 g/mol. The molecule has 1 aliphatic rings. The second-order valence-electron chi connectivity index (χ2n) is 4.19. The van der Waals surface area contributed by atoms with Gasteiger partial charge in [0, 0.05) is 5.38 Å². The average Bonchev–Trinajstić information content (AvgIpc) is 2.89. The van der Waals surface area contributed by atoms with Gasteiger partial charge in [-0.25, -0.2) is 4.98 Å². The van der Waals surface area contributed by atoms with Crippen LogP contribution in [-0.4, -0.2) is 22.0 Å². The summed E-state index contributed by atoms with van der Waals surface area (Å²) >= 11 is 1.46. The number of thiazole rings is 1. The fraction of sp³-hybridized carbons (Fsp3) is 0.417.